The highest BCUT2D eigenvalue weighted by atomic mass is 19.1. The minimum absolute atomic E-state index is 0.0436. The molecule has 1 saturated heterocycles. The van der Waals surface area contributed by atoms with Crippen LogP contribution in [-0.2, 0) is 7.05 Å². The van der Waals surface area contributed by atoms with E-state index >= 15 is 0 Å². The first-order valence-corrected chi connectivity index (χ1v) is 7.95. The van der Waals surface area contributed by atoms with Gasteiger partial charge < -0.3 is 5.32 Å². The van der Waals surface area contributed by atoms with E-state index in [-0.39, 0.29) is 5.92 Å². The molecule has 120 valence electrons. The maximum atomic E-state index is 14.4. The fraction of sp³-hybridized carbons (Fsp3) is 0.412. The number of piperidine rings is 1. The number of aryl methyl sites for hydroxylation is 2. The predicted octanol–water partition coefficient (Wildman–Crippen LogP) is 2.48. The van der Waals surface area contributed by atoms with Gasteiger partial charge in [0.25, 0.3) is 0 Å². The highest BCUT2D eigenvalue weighted by molar-refractivity contribution is 5.82. The van der Waals surface area contributed by atoms with E-state index in [0.717, 1.165) is 40.7 Å². The molecule has 4 rings (SSSR count). The molecule has 2 atom stereocenters. The van der Waals surface area contributed by atoms with Gasteiger partial charge in [0.1, 0.15) is 11.9 Å². The number of hydrogen-bond acceptors (Lipinski definition) is 3. The Labute approximate surface area is 134 Å². The molecule has 6 heteroatoms. The fourth-order valence-corrected chi connectivity index (χ4v) is 3.50. The van der Waals surface area contributed by atoms with Crippen LogP contribution in [-0.4, -0.2) is 38.8 Å². The second-order valence-corrected chi connectivity index (χ2v) is 6.31. The molecule has 1 fully saturated rings. The minimum Gasteiger partial charge on any atom is -0.314 e. The van der Waals surface area contributed by atoms with Gasteiger partial charge in [0.05, 0.1) is 24.1 Å². The number of benzene rings is 1. The third-order valence-electron chi connectivity index (χ3n) is 4.70. The van der Waals surface area contributed by atoms with Crippen molar-refractivity contribution >= 4 is 10.9 Å². The average molecular weight is 313 g/mol. The Morgan fingerprint density at radius 2 is 2.13 bits per heavy atom. The average Bonchev–Trinajstić information content (AvgIpc) is 3.13. The van der Waals surface area contributed by atoms with Crippen molar-refractivity contribution in [2.45, 2.75) is 25.4 Å². The van der Waals surface area contributed by atoms with Crippen molar-refractivity contribution in [3.05, 3.63) is 41.9 Å². The fourth-order valence-electron chi connectivity index (χ4n) is 3.50. The Kier molecular flexibility index (Phi) is 3.41. The second kappa shape index (κ2) is 5.45. The minimum atomic E-state index is -0.838. The molecule has 1 aliphatic rings. The van der Waals surface area contributed by atoms with E-state index < -0.39 is 6.17 Å². The Morgan fingerprint density at radius 1 is 1.26 bits per heavy atom. The topological polar surface area (TPSA) is 47.7 Å². The van der Waals surface area contributed by atoms with Gasteiger partial charge in [0.2, 0.25) is 0 Å². The van der Waals surface area contributed by atoms with Crippen LogP contribution in [0.15, 0.2) is 30.7 Å². The number of rotatable bonds is 2. The van der Waals surface area contributed by atoms with Crippen molar-refractivity contribution in [1.29, 1.82) is 0 Å². The molecule has 2 aromatic heterocycles. The summed E-state index contributed by atoms with van der Waals surface area (Å²) in [6, 6.07) is 4.21. The smallest absolute Gasteiger partial charge is 0.119 e. The third kappa shape index (κ3) is 2.43. The highest BCUT2D eigenvalue weighted by Gasteiger charge is 2.27. The second-order valence-electron chi connectivity index (χ2n) is 6.31. The summed E-state index contributed by atoms with van der Waals surface area (Å²) in [7, 11) is 1.88. The Morgan fingerprint density at radius 3 is 2.87 bits per heavy atom. The standard InChI is InChI=1S/C17H20FN5/c1-11-5-12-7-21-23(13-8-20-22(2)10-13)17(12)6-15(11)14-3-4-19-9-16(14)18/h5-8,10,14,16,19H,3-4,9H2,1-2H3/t14-,16+/m0/s1. The first-order valence-electron chi connectivity index (χ1n) is 7.95. The first-order chi connectivity index (χ1) is 11.1. The van der Waals surface area contributed by atoms with Gasteiger partial charge >= 0.3 is 0 Å². The molecular formula is C17H20FN5. The van der Waals surface area contributed by atoms with Crippen molar-refractivity contribution in [3.8, 4) is 5.69 Å². The van der Waals surface area contributed by atoms with Crippen molar-refractivity contribution in [2.75, 3.05) is 13.1 Å². The van der Waals surface area contributed by atoms with E-state index in [1.807, 2.05) is 24.1 Å². The highest BCUT2D eigenvalue weighted by Crippen LogP contribution is 2.33. The molecule has 0 saturated carbocycles. The van der Waals surface area contributed by atoms with Crippen LogP contribution in [0.5, 0.6) is 0 Å². The zero-order valence-corrected chi connectivity index (χ0v) is 13.3. The van der Waals surface area contributed by atoms with Crippen molar-refractivity contribution < 1.29 is 4.39 Å². The largest absolute Gasteiger partial charge is 0.314 e. The summed E-state index contributed by atoms with van der Waals surface area (Å²) < 4.78 is 18.0. The molecule has 0 amide bonds. The molecule has 1 aromatic carbocycles. The SMILES string of the molecule is Cc1cc2cnn(-c3cnn(C)c3)c2cc1[C@@H]1CCNC[C@H]1F. The lowest BCUT2D eigenvalue weighted by molar-refractivity contribution is 0.231. The number of alkyl halides is 1. The number of halogens is 1. The summed E-state index contributed by atoms with van der Waals surface area (Å²) in [6.07, 6.45) is 5.56. The molecule has 0 aliphatic carbocycles. The third-order valence-corrected chi connectivity index (χ3v) is 4.70. The molecule has 3 heterocycles. The lowest BCUT2D eigenvalue weighted by atomic mass is 9.85. The van der Waals surface area contributed by atoms with Gasteiger partial charge in [-0.25, -0.2) is 9.07 Å². The van der Waals surface area contributed by atoms with E-state index in [1.54, 1.807) is 10.9 Å². The van der Waals surface area contributed by atoms with Gasteiger partial charge in [-0.05, 0) is 43.1 Å². The lowest BCUT2D eigenvalue weighted by Gasteiger charge is -2.28. The molecule has 0 unspecified atom stereocenters. The number of fused-ring (bicyclic) bond motifs is 1. The Hall–Kier alpha value is -2.21. The van der Waals surface area contributed by atoms with E-state index in [1.165, 1.54) is 0 Å². The van der Waals surface area contributed by atoms with Crippen LogP contribution in [0.3, 0.4) is 0 Å². The van der Waals surface area contributed by atoms with E-state index in [9.17, 15) is 4.39 Å². The van der Waals surface area contributed by atoms with Gasteiger partial charge in [0.15, 0.2) is 0 Å². The number of aromatic nitrogens is 4. The summed E-state index contributed by atoms with van der Waals surface area (Å²) in [4.78, 5) is 0. The maximum absolute atomic E-state index is 14.4. The molecule has 1 N–H and O–H groups in total. The summed E-state index contributed by atoms with van der Waals surface area (Å²) in [5.74, 6) is -0.0436. The zero-order chi connectivity index (χ0) is 16.0. The molecule has 5 nitrogen and oxygen atoms in total. The number of nitrogens with zero attached hydrogens (tertiary/aromatic N) is 4. The summed E-state index contributed by atoms with van der Waals surface area (Å²) in [5, 5.41) is 12.9. The van der Waals surface area contributed by atoms with Crippen LogP contribution in [0.4, 0.5) is 4.39 Å². The van der Waals surface area contributed by atoms with Crippen LogP contribution in [0.1, 0.15) is 23.5 Å². The number of nitrogens with one attached hydrogen (secondary N) is 1. The lowest BCUT2D eigenvalue weighted by Crippen LogP contribution is -2.36. The predicted molar refractivity (Wildman–Crippen MR) is 87.7 cm³/mol. The van der Waals surface area contributed by atoms with Gasteiger partial charge in [-0.1, -0.05) is 0 Å². The molecule has 23 heavy (non-hydrogen) atoms. The summed E-state index contributed by atoms with van der Waals surface area (Å²) in [5.41, 5.74) is 4.15. The van der Waals surface area contributed by atoms with Gasteiger partial charge in [-0.15, -0.1) is 0 Å². The van der Waals surface area contributed by atoms with Gasteiger partial charge in [-0.2, -0.15) is 10.2 Å². The van der Waals surface area contributed by atoms with Gasteiger partial charge in [0, 0.05) is 24.9 Å². The van der Waals surface area contributed by atoms with Crippen LogP contribution >= 0.6 is 0 Å². The van der Waals surface area contributed by atoms with Crippen molar-refractivity contribution in [3.63, 3.8) is 0 Å². The van der Waals surface area contributed by atoms with E-state index in [4.69, 9.17) is 0 Å². The zero-order valence-electron chi connectivity index (χ0n) is 13.3. The molecular weight excluding hydrogens is 293 g/mol. The maximum Gasteiger partial charge on any atom is 0.119 e. The summed E-state index contributed by atoms with van der Waals surface area (Å²) in [6.45, 7) is 3.36. The monoisotopic (exact) mass is 313 g/mol. The molecule has 0 radical (unpaired) electrons. The molecule has 1 aliphatic heterocycles. The Balaban J connectivity index is 1.84. The van der Waals surface area contributed by atoms with Crippen LogP contribution < -0.4 is 5.32 Å². The molecule has 0 bridgehead atoms. The molecule has 0 spiro atoms. The van der Waals surface area contributed by atoms with Gasteiger partial charge in [-0.3, -0.25) is 4.68 Å². The number of hydrogen-bond donors (Lipinski definition) is 1. The normalized spacial score (nSPS) is 21.9. The quantitative estimate of drug-likeness (QED) is 0.791. The van der Waals surface area contributed by atoms with Crippen molar-refractivity contribution in [1.82, 2.24) is 24.9 Å². The molecule has 3 aromatic rings. The van der Waals surface area contributed by atoms with Crippen LogP contribution in [0, 0.1) is 6.92 Å². The Bertz CT molecular complexity index is 850. The van der Waals surface area contributed by atoms with Crippen LogP contribution in [0.25, 0.3) is 16.6 Å². The van der Waals surface area contributed by atoms with Crippen molar-refractivity contribution in [2.24, 2.45) is 7.05 Å². The first kappa shape index (κ1) is 14.4. The summed E-state index contributed by atoms with van der Waals surface area (Å²) >= 11 is 0. The van der Waals surface area contributed by atoms with E-state index in [2.05, 4.69) is 34.6 Å². The van der Waals surface area contributed by atoms with E-state index in [0.29, 0.717) is 6.54 Å². The van der Waals surface area contributed by atoms with Crippen LogP contribution in [0.2, 0.25) is 0 Å².